The molecule has 0 radical (unpaired) electrons. The van der Waals surface area contributed by atoms with E-state index in [1.807, 2.05) is 0 Å². The Hall–Kier alpha value is -4.20. The Morgan fingerprint density at radius 2 is 1.66 bits per heavy atom. The summed E-state index contributed by atoms with van der Waals surface area (Å²) in [6.45, 7) is 0. The van der Waals surface area contributed by atoms with Gasteiger partial charge < -0.3 is 9.47 Å². The molecule has 8 heteroatoms. The second-order valence-electron chi connectivity index (χ2n) is 6.18. The second-order valence-corrected chi connectivity index (χ2v) is 6.18. The molecule has 0 bridgehead atoms. The molecule has 0 spiro atoms. The van der Waals surface area contributed by atoms with E-state index in [0.717, 1.165) is 5.56 Å². The number of nitro groups is 1. The van der Waals surface area contributed by atoms with Crippen LogP contribution in [0.2, 0.25) is 0 Å². The predicted octanol–water partition coefficient (Wildman–Crippen LogP) is 4.14. The zero-order valence-electron chi connectivity index (χ0n) is 15.3. The quantitative estimate of drug-likeness (QED) is 0.220. The lowest BCUT2D eigenvalue weighted by Gasteiger charge is -2.06. The number of esters is 1. The van der Waals surface area contributed by atoms with E-state index >= 15 is 0 Å². The number of carbonyl (C=O) groups is 1. The molecule has 0 saturated heterocycles. The first-order valence-corrected chi connectivity index (χ1v) is 8.63. The summed E-state index contributed by atoms with van der Waals surface area (Å²) in [5, 5.41) is 10.9. The van der Waals surface area contributed by atoms with E-state index in [0.29, 0.717) is 28.4 Å². The molecule has 0 aliphatic rings. The molecule has 0 fully saturated rings. The van der Waals surface area contributed by atoms with Gasteiger partial charge in [0.25, 0.3) is 5.69 Å². The van der Waals surface area contributed by atoms with Gasteiger partial charge in [0.05, 0.1) is 29.5 Å². The fourth-order valence-electron chi connectivity index (χ4n) is 2.81. The Balaban J connectivity index is 1.52. The smallest absolute Gasteiger partial charge is 0.343 e. The number of aromatic nitrogens is 2. The number of pyridine rings is 1. The molecule has 4 rings (SSSR count). The van der Waals surface area contributed by atoms with Crippen LogP contribution in [0.5, 0.6) is 11.5 Å². The van der Waals surface area contributed by atoms with E-state index < -0.39 is 10.9 Å². The average molecular weight is 389 g/mol. The predicted molar refractivity (Wildman–Crippen MR) is 105 cm³/mol. The van der Waals surface area contributed by atoms with E-state index in [1.54, 1.807) is 72.3 Å². The molecular formula is C21H15N3O5. The van der Waals surface area contributed by atoms with Gasteiger partial charge >= 0.3 is 5.97 Å². The second kappa shape index (κ2) is 7.43. The SMILES string of the molecule is COc1ccc(C(=O)Oc2ccc(-c3cn4cc([N+](=O)[O-])ccc4n3)cc2)cc1. The third-order valence-corrected chi connectivity index (χ3v) is 4.33. The summed E-state index contributed by atoms with van der Waals surface area (Å²) in [6.07, 6.45) is 3.12. The molecule has 2 aromatic heterocycles. The van der Waals surface area contributed by atoms with Gasteiger partial charge in [0.15, 0.2) is 0 Å². The van der Waals surface area contributed by atoms with Crippen LogP contribution < -0.4 is 9.47 Å². The maximum Gasteiger partial charge on any atom is 0.343 e. The Bertz CT molecular complexity index is 1200. The van der Waals surface area contributed by atoms with Crippen molar-refractivity contribution < 1.29 is 19.2 Å². The van der Waals surface area contributed by atoms with Crippen molar-refractivity contribution in [2.45, 2.75) is 0 Å². The number of carbonyl (C=O) groups excluding carboxylic acids is 1. The van der Waals surface area contributed by atoms with Gasteiger partial charge in [-0.15, -0.1) is 0 Å². The number of ether oxygens (including phenoxy) is 2. The lowest BCUT2D eigenvalue weighted by Crippen LogP contribution is -2.08. The third kappa shape index (κ3) is 3.77. The topological polar surface area (TPSA) is 96.0 Å². The summed E-state index contributed by atoms with van der Waals surface area (Å²) in [7, 11) is 1.55. The molecular weight excluding hydrogens is 374 g/mol. The molecule has 0 aliphatic carbocycles. The molecule has 144 valence electrons. The lowest BCUT2D eigenvalue weighted by atomic mass is 10.1. The van der Waals surface area contributed by atoms with Crippen molar-refractivity contribution >= 4 is 17.3 Å². The van der Waals surface area contributed by atoms with Gasteiger partial charge in [0.2, 0.25) is 0 Å². The highest BCUT2D eigenvalue weighted by Gasteiger charge is 2.11. The summed E-state index contributed by atoms with van der Waals surface area (Å²) in [5.41, 5.74) is 2.44. The molecule has 0 unspecified atom stereocenters. The first-order valence-electron chi connectivity index (χ1n) is 8.63. The van der Waals surface area contributed by atoms with Crippen molar-refractivity contribution in [1.82, 2.24) is 9.38 Å². The fourth-order valence-corrected chi connectivity index (χ4v) is 2.81. The van der Waals surface area contributed by atoms with Crippen molar-refractivity contribution in [2.24, 2.45) is 0 Å². The van der Waals surface area contributed by atoms with Gasteiger partial charge in [-0.25, -0.2) is 9.78 Å². The third-order valence-electron chi connectivity index (χ3n) is 4.33. The summed E-state index contributed by atoms with van der Waals surface area (Å²) >= 11 is 0. The highest BCUT2D eigenvalue weighted by molar-refractivity contribution is 5.91. The highest BCUT2D eigenvalue weighted by Crippen LogP contribution is 2.24. The normalized spacial score (nSPS) is 10.7. The van der Waals surface area contributed by atoms with E-state index in [4.69, 9.17) is 9.47 Å². The number of benzene rings is 2. The zero-order chi connectivity index (χ0) is 20.4. The van der Waals surface area contributed by atoms with Gasteiger partial charge in [-0.2, -0.15) is 0 Å². The molecule has 4 aromatic rings. The number of methoxy groups -OCH3 is 1. The summed E-state index contributed by atoms with van der Waals surface area (Å²) in [4.78, 5) is 27.2. The van der Waals surface area contributed by atoms with Crippen LogP contribution in [-0.2, 0) is 0 Å². The van der Waals surface area contributed by atoms with E-state index in [9.17, 15) is 14.9 Å². The van der Waals surface area contributed by atoms with Gasteiger partial charge in [0, 0.05) is 17.8 Å². The molecule has 0 saturated carbocycles. The summed E-state index contributed by atoms with van der Waals surface area (Å²) < 4.78 is 12.1. The number of imidazole rings is 1. The molecule has 2 aromatic carbocycles. The number of rotatable bonds is 5. The standard InChI is InChI=1S/C21H15N3O5/c1-28-17-7-4-15(5-8-17)21(25)29-18-9-2-14(3-10-18)19-13-23-12-16(24(26)27)6-11-20(23)22-19/h2-13H,1H3. The minimum absolute atomic E-state index is 0.0118. The van der Waals surface area contributed by atoms with Crippen molar-refractivity contribution in [3.8, 4) is 22.8 Å². The number of hydrogen-bond donors (Lipinski definition) is 0. The van der Waals surface area contributed by atoms with Crippen LogP contribution in [0.15, 0.2) is 73.1 Å². The summed E-state index contributed by atoms with van der Waals surface area (Å²) in [6, 6.07) is 16.5. The Kier molecular flexibility index (Phi) is 4.66. The maximum atomic E-state index is 12.2. The Morgan fingerprint density at radius 3 is 2.31 bits per heavy atom. The zero-order valence-corrected chi connectivity index (χ0v) is 15.3. The fraction of sp³-hybridized carbons (Fsp3) is 0.0476. The molecule has 8 nitrogen and oxygen atoms in total. The molecule has 0 N–H and O–H groups in total. The monoisotopic (exact) mass is 389 g/mol. The van der Waals surface area contributed by atoms with Gasteiger partial charge in [-0.3, -0.25) is 14.5 Å². The van der Waals surface area contributed by atoms with Crippen LogP contribution in [0.1, 0.15) is 10.4 Å². The van der Waals surface area contributed by atoms with Crippen LogP contribution in [-0.4, -0.2) is 27.4 Å². The van der Waals surface area contributed by atoms with Crippen LogP contribution in [0.3, 0.4) is 0 Å². The van der Waals surface area contributed by atoms with Crippen LogP contribution in [0, 0.1) is 10.1 Å². The molecule has 0 atom stereocenters. The lowest BCUT2D eigenvalue weighted by molar-refractivity contribution is -0.385. The van der Waals surface area contributed by atoms with Crippen molar-refractivity contribution in [3.63, 3.8) is 0 Å². The largest absolute Gasteiger partial charge is 0.497 e. The first kappa shape index (κ1) is 18.2. The Labute approximate surface area is 165 Å². The molecule has 0 aliphatic heterocycles. The Morgan fingerprint density at radius 1 is 0.966 bits per heavy atom. The first-order chi connectivity index (χ1) is 14.0. The molecule has 29 heavy (non-hydrogen) atoms. The van der Waals surface area contributed by atoms with Crippen molar-refractivity contribution in [3.05, 3.63) is 88.7 Å². The average Bonchev–Trinajstić information content (AvgIpc) is 3.17. The number of fused-ring (bicyclic) bond motifs is 1. The van der Waals surface area contributed by atoms with Gasteiger partial charge in [0.1, 0.15) is 17.1 Å². The minimum atomic E-state index is -0.472. The van der Waals surface area contributed by atoms with Crippen LogP contribution in [0.4, 0.5) is 5.69 Å². The van der Waals surface area contributed by atoms with Gasteiger partial charge in [-0.1, -0.05) is 0 Å². The highest BCUT2D eigenvalue weighted by atomic mass is 16.6. The van der Waals surface area contributed by atoms with Crippen molar-refractivity contribution in [2.75, 3.05) is 7.11 Å². The van der Waals surface area contributed by atoms with E-state index in [-0.39, 0.29) is 5.69 Å². The summed E-state index contributed by atoms with van der Waals surface area (Å²) in [5.74, 6) is 0.582. The van der Waals surface area contributed by atoms with E-state index in [1.165, 1.54) is 12.3 Å². The van der Waals surface area contributed by atoms with Crippen LogP contribution >= 0.6 is 0 Å². The van der Waals surface area contributed by atoms with Crippen molar-refractivity contribution in [1.29, 1.82) is 0 Å². The van der Waals surface area contributed by atoms with Crippen LogP contribution in [0.25, 0.3) is 16.9 Å². The molecule has 2 heterocycles. The maximum absolute atomic E-state index is 12.2. The number of hydrogen-bond acceptors (Lipinski definition) is 6. The van der Waals surface area contributed by atoms with E-state index in [2.05, 4.69) is 4.98 Å². The molecule has 0 amide bonds. The minimum Gasteiger partial charge on any atom is -0.497 e. The number of nitrogens with zero attached hydrogens (tertiary/aromatic N) is 3. The van der Waals surface area contributed by atoms with Gasteiger partial charge in [-0.05, 0) is 54.6 Å².